The fourth-order valence-corrected chi connectivity index (χ4v) is 2.87. The lowest BCUT2D eigenvalue weighted by Crippen LogP contribution is -2.41. The van der Waals surface area contributed by atoms with Crippen molar-refractivity contribution in [3.05, 3.63) is 11.7 Å². The van der Waals surface area contributed by atoms with Gasteiger partial charge in [-0.2, -0.15) is 4.98 Å². The van der Waals surface area contributed by atoms with Gasteiger partial charge in [0.2, 0.25) is 15.9 Å². The van der Waals surface area contributed by atoms with Crippen molar-refractivity contribution < 1.29 is 17.7 Å². The van der Waals surface area contributed by atoms with Gasteiger partial charge < -0.3 is 15.2 Å². The molecule has 1 aliphatic rings. The lowest BCUT2D eigenvalue weighted by molar-refractivity contribution is 0.224. The van der Waals surface area contributed by atoms with Gasteiger partial charge in [0.25, 0.3) is 0 Å². The van der Waals surface area contributed by atoms with E-state index >= 15 is 0 Å². The molecule has 0 aliphatic heterocycles. The second kappa shape index (κ2) is 8.61. The number of hydrogen-bond donors (Lipinski definition) is 3. The fourth-order valence-electron chi connectivity index (χ4n) is 2.21. The van der Waals surface area contributed by atoms with Crippen LogP contribution in [-0.2, 0) is 10.0 Å². The van der Waals surface area contributed by atoms with Gasteiger partial charge in [-0.1, -0.05) is 19.0 Å². The van der Waals surface area contributed by atoms with Gasteiger partial charge in [0.15, 0.2) is 5.82 Å². The Hall–Kier alpha value is -1.68. The van der Waals surface area contributed by atoms with Crippen molar-refractivity contribution in [1.82, 2.24) is 25.5 Å². The summed E-state index contributed by atoms with van der Waals surface area (Å²) in [6.45, 7) is 6.15. The van der Waals surface area contributed by atoms with E-state index in [4.69, 9.17) is 4.52 Å². The Bertz CT molecular complexity index is 669. The molecule has 1 atom stereocenters. The molecule has 0 bridgehead atoms. The van der Waals surface area contributed by atoms with Crippen LogP contribution in [-0.4, -0.2) is 43.4 Å². The van der Waals surface area contributed by atoms with Gasteiger partial charge in [-0.3, -0.25) is 0 Å². The molecule has 1 heterocycles. The van der Waals surface area contributed by atoms with Crippen molar-refractivity contribution >= 4 is 16.1 Å². The summed E-state index contributed by atoms with van der Waals surface area (Å²) < 4.78 is 30.3. The third-order valence-corrected chi connectivity index (χ3v) is 5.36. The first-order chi connectivity index (χ1) is 11.8. The van der Waals surface area contributed by atoms with Gasteiger partial charge in [-0.15, -0.1) is 0 Å². The Kier molecular flexibility index (Phi) is 6.77. The van der Waals surface area contributed by atoms with Gasteiger partial charge in [0.1, 0.15) is 6.04 Å². The summed E-state index contributed by atoms with van der Waals surface area (Å²) in [4.78, 5) is 16.4. The summed E-state index contributed by atoms with van der Waals surface area (Å²) in [6, 6.07) is -0.707. The molecule has 10 heteroatoms. The summed E-state index contributed by atoms with van der Waals surface area (Å²) in [6.07, 6.45) is 2.67. The number of hydrogen-bond acceptors (Lipinski definition) is 6. The predicted molar refractivity (Wildman–Crippen MR) is 92.5 cm³/mol. The minimum absolute atomic E-state index is 0.0456. The molecule has 1 aromatic rings. The molecular weight excluding hydrogens is 346 g/mol. The van der Waals surface area contributed by atoms with Crippen molar-refractivity contribution in [2.45, 2.75) is 52.0 Å². The minimum Gasteiger partial charge on any atom is -0.338 e. The zero-order valence-electron chi connectivity index (χ0n) is 14.9. The van der Waals surface area contributed by atoms with Gasteiger partial charge in [-0.05, 0) is 32.1 Å². The average Bonchev–Trinajstić information content (AvgIpc) is 3.30. The highest BCUT2D eigenvalue weighted by Gasteiger charge is 2.31. The molecule has 3 N–H and O–H groups in total. The molecule has 25 heavy (non-hydrogen) atoms. The average molecular weight is 373 g/mol. The first kappa shape index (κ1) is 19.6. The molecular formula is C15H27N5O4S. The van der Waals surface area contributed by atoms with Crippen molar-refractivity contribution in [1.29, 1.82) is 0 Å². The van der Waals surface area contributed by atoms with Crippen LogP contribution in [0.2, 0.25) is 0 Å². The van der Waals surface area contributed by atoms with Crippen LogP contribution in [0.15, 0.2) is 4.52 Å². The maximum atomic E-state index is 12.0. The Morgan fingerprint density at radius 1 is 1.32 bits per heavy atom. The highest BCUT2D eigenvalue weighted by molar-refractivity contribution is 7.89. The van der Waals surface area contributed by atoms with E-state index in [2.05, 4.69) is 25.5 Å². The third-order valence-electron chi connectivity index (χ3n) is 3.96. The highest BCUT2D eigenvalue weighted by Crippen LogP contribution is 2.38. The molecule has 1 fully saturated rings. The Morgan fingerprint density at radius 2 is 2.04 bits per heavy atom. The quantitative estimate of drug-likeness (QED) is 0.530. The van der Waals surface area contributed by atoms with E-state index in [1.54, 1.807) is 6.92 Å². The molecule has 1 aliphatic carbocycles. The minimum atomic E-state index is -3.19. The number of carbonyl (C=O) groups is 1. The van der Waals surface area contributed by atoms with E-state index in [1.165, 1.54) is 0 Å². The van der Waals surface area contributed by atoms with Gasteiger partial charge >= 0.3 is 6.03 Å². The smallest absolute Gasteiger partial charge is 0.315 e. The van der Waals surface area contributed by atoms with Crippen LogP contribution in [0, 0.1) is 5.92 Å². The molecule has 0 spiro atoms. The molecule has 0 radical (unpaired) electrons. The van der Waals surface area contributed by atoms with Gasteiger partial charge in [0.05, 0.1) is 5.75 Å². The number of nitrogens with zero attached hydrogens (tertiary/aromatic N) is 2. The maximum Gasteiger partial charge on any atom is 0.315 e. The van der Waals surface area contributed by atoms with Crippen LogP contribution >= 0.6 is 0 Å². The van der Waals surface area contributed by atoms with E-state index in [1.807, 2.05) is 13.8 Å². The van der Waals surface area contributed by atoms with Crippen LogP contribution in [0.1, 0.15) is 63.7 Å². The van der Waals surface area contributed by atoms with E-state index in [0.717, 1.165) is 12.8 Å². The third kappa shape index (κ3) is 6.28. The van der Waals surface area contributed by atoms with Crippen LogP contribution < -0.4 is 15.4 Å². The molecule has 2 rings (SSSR count). The molecule has 0 unspecified atom stereocenters. The van der Waals surface area contributed by atoms with Gasteiger partial charge in [-0.25, -0.2) is 17.9 Å². The lowest BCUT2D eigenvalue weighted by atomic mass is 10.0. The fraction of sp³-hybridized carbons (Fsp3) is 0.800. The molecule has 1 aromatic heterocycles. The number of rotatable bonds is 10. The maximum absolute atomic E-state index is 12.0. The normalized spacial score (nSPS) is 16.0. The Labute approximate surface area is 148 Å². The summed E-state index contributed by atoms with van der Waals surface area (Å²) in [5.74, 6) is 1.67. The zero-order valence-corrected chi connectivity index (χ0v) is 15.7. The van der Waals surface area contributed by atoms with E-state index < -0.39 is 10.0 Å². The molecule has 1 saturated carbocycles. The summed E-state index contributed by atoms with van der Waals surface area (Å²) >= 11 is 0. The van der Waals surface area contributed by atoms with E-state index in [0.29, 0.717) is 37.1 Å². The van der Waals surface area contributed by atoms with Crippen LogP contribution in [0.5, 0.6) is 0 Å². The van der Waals surface area contributed by atoms with E-state index in [-0.39, 0.29) is 23.7 Å². The number of urea groups is 1. The molecule has 0 aromatic carbocycles. The summed E-state index contributed by atoms with van der Waals surface area (Å²) in [5, 5.41) is 9.53. The molecule has 2 amide bonds. The zero-order chi connectivity index (χ0) is 18.4. The molecule has 142 valence electrons. The first-order valence-corrected chi connectivity index (χ1v) is 10.3. The first-order valence-electron chi connectivity index (χ1n) is 8.67. The topological polar surface area (TPSA) is 126 Å². The van der Waals surface area contributed by atoms with Crippen molar-refractivity contribution in [3.8, 4) is 0 Å². The van der Waals surface area contributed by atoms with E-state index in [9.17, 15) is 13.2 Å². The number of nitrogens with one attached hydrogen (secondary N) is 3. The summed E-state index contributed by atoms with van der Waals surface area (Å²) in [5.41, 5.74) is 0. The number of amides is 2. The van der Waals surface area contributed by atoms with Crippen LogP contribution in [0.4, 0.5) is 4.79 Å². The predicted octanol–water partition coefficient (Wildman–Crippen LogP) is 1.27. The lowest BCUT2D eigenvalue weighted by Gasteiger charge is -2.18. The van der Waals surface area contributed by atoms with Gasteiger partial charge in [0, 0.05) is 19.0 Å². The largest absolute Gasteiger partial charge is 0.338 e. The summed E-state index contributed by atoms with van der Waals surface area (Å²) in [7, 11) is -3.19. The molecule has 9 nitrogen and oxygen atoms in total. The van der Waals surface area contributed by atoms with Crippen molar-refractivity contribution in [2.75, 3.05) is 18.8 Å². The number of carbonyl (C=O) groups excluding carboxylic acids is 1. The van der Waals surface area contributed by atoms with Crippen molar-refractivity contribution in [3.63, 3.8) is 0 Å². The molecule has 0 saturated heterocycles. The SMILES string of the molecule is CCS(=O)(=O)NCCCNC(=O)N[C@@H](c1nc(C2CC2)no1)C(C)C. The van der Waals surface area contributed by atoms with Crippen LogP contribution in [0.3, 0.4) is 0 Å². The van der Waals surface area contributed by atoms with Crippen LogP contribution in [0.25, 0.3) is 0 Å². The standard InChI is InChI=1S/C15H27N5O4S/c1-4-25(22,23)17-9-5-8-16-15(21)18-12(10(2)3)14-19-13(20-24-14)11-6-7-11/h10-12,17H,4-9H2,1-3H3,(H2,16,18,21)/t12-/m1/s1. The highest BCUT2D eigenvalue weighted by atomic mass is 32.2. The van der Waals surface area contributed by atoms with Crippen molar-refractivity contribution in [2.24, 2.45) is 5.92 Å². The number of sulfonamides is 1. The second-order valence-corrected chi connectivity index (χ2v) is 8.63. The Morgan fingerprint density at radius 3 is 2.64 bits per heavy atom. The number of aromatic nitrogens is 2. The Balaban J connectivity index is 1.76. The monoisotopic (exact) mass is 373 g/mol. The second-order valence-electron chi connectivity index (χ2n) is 6.54.